The van der Waals surface area contributed by atoms with E-state index in [1.165, 1.54) is 12.3 Å². The van der Waals surface area contributed by atoms with E-state index in [9.17, 15) is 27.9 Å². The molecule has 0 aromatic carbocycles. The van der Waals surface area contributed by atoms with E-state index in [2.05, 4.69) is 10.1 Å². The van der Waals surface area contributed by atoms with Crippen molar-refractivity contribution in [2.75, 3.05) is 0 Å². The zero-order valence-corrected chi connectivity index (χ0v) is 13.3. The molecule has 25 heavy (non-hydrogen) atoms. The minimum atomic E-state index is -4.56. The number of aromatic nitrogens is 4. The minimum Gasteiger partial charge on any atom is -0.480 e. The molecule has 1 aliphatic heterocycles. The number of carboxylic acid groups (broad SMARTS) is 1. The first-order valence-corrected chi connectivity index (χ1v) is 7.62. The van der Waals surface area contributed by atoms with Crippen LogP contribution in [0.2, 0.25) is 5.15 Å². The van der Waals surface area contributed by atoms with Crippen molar-refractivity contribution in [3.63, 3.8) is 0 Å². The van der Waals surface area contributed by atoms with Gasteiger partial charge in [0.1, 0.15) is 17.0 Å². The van der Waals surface area contributed by atoms with Crippen LogP contribution in [-0.4, -0.2) is 36.6 Å². The topological polar surface area (TPSA) is 90.0 Å². The van der Waals surface area contributed by atoms with E-state index in [1.54, 1.807) is 6.07 Å². The maximum Gasteiger partial charge on any atom is 0.392 e. The smallest absolute Gasteiger partial charge is 0.392 e. The second-order valence-corrected chi connectivity index (χ2v) is 6.14. The van der Waals surface area contributed by atoms with Crippen molar-refractivity contribution in [1.82, 2.24) is 19.3 Å². The normalized spacial score (nSPS) is 20.3. The number of pyridine rings is 1. The molecule has 0 aliphatic carbocycles. The van der Waals surface area contributed by atoms with Gasteiger partial charge in [0.05, 0.1) is 12.5 Å². The highest BCUT2D eigenvalue weighted by molar-refractivity contribution is 6.29. The van der Waals surface area contributed by atoms with Crippen molar-refractivity contribution in [2.24, 2.45) is 5.92 Å². The molecule has 3 rings (SSSR count). The molecule has 3 heterocycles. The molecular formula is C14H12ClF3N4O3. The van der Waals surface area contributed by atoms with E-state index in [0.717, 1.165) is 9.25 Å². The van der Waals surface area contributed by atoms with Crippen molar-refractivity contribution in [3.05, 3.63) is 45.4 Å². The van der Waals surface area contributed by atoms with Crippen LogP contribution in [0.5, 0.6) is 0 Å². The maximum atomic E-state index is 13.0. The molecular weight excluding hydrogens is 365 g/mol. The summed E-state index contributed by atoms with van der Waals surface area (Å²) < 4.78 is 40.9. The quantitative estimate of drug-likeness (QED) is 0.826. The van der Waals surface area contributed by atoms with E-state index >= 15 is 0 Å². The average Bonchev–Trinajstić information content (AvgIpc) is 2.84. The molecule has 0 saturated carbocycles. The molecule has 0 bridgehead atoms. The summed E-state index contributed by atoms with van der Waals surface area (Å²) in [6.07, 6.45) is -4.38. The number of hydrogen-bond acceptors (Lipinski definition) is 4. The molecule has 0 spiro atoms. The third-order valence-electron chi connectivity index (χ3n) is 4.06. The predicted octanol–water partition coefficient (Wildman–Crippen LogP) is 1.89. The SMILES string of the molecule is O=C(O)[C@H]1C[C@@H](C(F)(F)F)Cc2nn(Cc3ccc(Cl)nc3)c(=O)n21. The van der Waals surface area contributed by atoms with Crippen molar-refractivity contribution in [1.29, 1.82) is 0 Å². The number of carboxylic acids is 1. The second-order valence-electron chi connectivity index (χ2n) is 5.75. The molecule has 0 unspecified atom stereocenters. The molecule has 0 amide bonds. The van der Waals surface area contributed by atoms with Gasteiger partial charge in [0.2, 0.25) is 0 Å². The van der Waals surface area contributed by atoms with Crippen LogP contribution in [0, 0.1) is 5.92 Å². The summed E-state index contributed by atoms with van der Waals surface area (Å²) in [7, 11) is 0. The van der Waals surface area contributed by atoms with Crippen molar-refractivity contribution in [2.45, 2.75) is 31.6 Å². The molecule has 11 heteroatoms. The van der Waals surface area contributed by atoms with E-state index in [0.29, 0.717) is 5.56 Å². The Bertz CT molecular complexity index is 860. The Labute approximate surface area is 143 Å². The monoisotopic (exact) mass is 376 g/mol. The minimum absolute atomic E-state index is 0.0496. The van der Waals surface area contributed by atoms with Gasteiger partial charge in [-0.1, -0.05) is 17.7 Å². The predicted molar refractivity (Wildman–Crippen MR) is 79.4 cm³/mol. The van der Waals surface area contributed by atoms with Gasteiger partial charge in [-0.2, -0.15) is 18.3 Å². The number of halogens is 4. The zero-order chi connectivity index (χ0) is 18.4. The van der Waals surface area contributed by atoms with Gasteiger partial charge in [-0.25, -0.2) is 19.3 Å². The summed E-state index contributed by atoms with van der Waals surface area (Å²) in [5, 5.41) is 13.4. The summed E-state index contributed by atoms with van der Waals surface area (Å²) in [4.78, 5) is 27.6. The van der Waals surface area contributed by atoms with Crippen molar-refractivity contribution >= 4 is 17.6 Å². The lowest BCUT2D eigenvalue weighted by atomic mass is 9.92. The first-order chi connectivity index (χ1) is 11.7. The highest BCUT2D eigenvalue weighted by atomic mass is 35.5. The van der Waals surface area contributed by atoms with Crippen LogP contribution < -0.4 is 5.69 Å². The van der Waals surface area contributed by atoms with Crippen LogP contribution in [0.15, 0.2) is 23.1 Å². The van der Waals surface area contributed by atoms with Crippen LogP contribution in [0.1, 0.15) is 23.9 Å². The third kappa shape index (κ3) is 3.39. The van der Waals surface area contributed by atoms with Gasteiger partial charge in [0.25, 0.3) is 0 Å². The largest absolute Gasteiger partial charge is 0.480 e. The molecule has 134 valence electrons. The number of rotatable bonds is 3. The standard InChI is InChI=1S/C14H12ClF3N4O3/c15-10-2-1-7(5-19-10)6-21-13(25)22-9(12(23)24)3-8(14(16,17)18)4-11(22)20-21/h1-2,5,8-9H,3-4,6H2,(H,23,24)/t8-,9-/m1/s1. The summed E-state index contributed by atoms with van der Waals surface area (Å²) >= 11 is 5.67. The van der Waals surface area contributed by atoms with Crippen LogP contribution in [-0.2, 0) is 17.8 Å². The Morgan fingerprint density at radius 2 is 2.12 bits per heavy atom. The lowest BCUT2D eigenvalue weighted by Gasteiger charge is -2.28. The fraction of sp³-hybridized carbons (Fsp3) is 0.429. The molecule has 2 atom stereocenters. The summed E-state index contributed by atoms with van der Waals surface area (Å²) in [6, 6.07) is 1.49. The highest BCUT2D eigenvalue weighted by Gasteiger charge is 2.47. The first kappa shape index (κ1) is 17.5. The Balaban J connectivity index is 1.99. The van der Waals surface area contributed by atoms with E-state index in [-0.39, 0.29) is 17.5 Å². The Hall–Kier alpha value is -2.36. The Morgan fingerprint density at radius 3 is 2.68 bits per heavy atom. The van der Waals surface area contributed by atoms with Crippen molar-refractivity contribution in [3.8, 4) is 0 Å². The van der Waals surface area contributed by atoms with Gasteiger partial charge in [-0.3, -0.25) is 4.57 Å². The van der Waals surface area contributed by atoms with Gasteiger partial charge < -0.3 is 5.11 Å². The van der Waals surface area contributed by atoms with Crippen LogP contribution >= 0.6 is 11.6 Å². The first-order valence-electron chi connectivity index (χ1n) is 7.25. The van der Waals surface area contributed by atoms with Crippen LogP contribution in [0.3, 0.4) is 0 Å². The summed E-state index contributed by atoms with van der Waals surface area (Å²) in [5.74, 6) is -3.54. The number of carbonyl (C=O) groups is 1. The van der Waals surface area contributed by atoms with E-state index in [1.807, 2.05) is 0 Å². The van der Waals surface area contributed by atoms with E-state index < -0.39 is 42.6 Å². The lowest BCUT2D eigenvalue weighted by Crippen LogP contribution is -2.40. The fourth-order valence-corrected chi connectivity index (χ4v) is 2.94. The van der Waals surface area contributed by atoms with Gasteiger partial charge in [0.15, 0.2) is 0 Å². The van der Waals surface area contributed by atoms with E-state index in [4.69, 9.17) is 11.6 Å². The number of alkyl halides is 3. The number of fused-ring (bicyclic) bond motifs is 1. The van der Waals surface area contributed by atoms with Crippen LogP contribution in [0.4, 0.5) is 13.2 Å². The zero-order valence-electron chi connectivity index (χ0n) is 12.6. The number of hydrogen-bond donors (Lipinski definition) is 1. The Morgan fingerprint density at radius 1 is 1.40 bits per heavy atom. The highest BCUT2D eigenvalue weighted by Crippen LogP contribution is 2.38. The van der Waals surface area contributed by atoms with Gasteiger partial charge in [-0.15, -0.1) is 0 Å². The fourth-order valence-electron chi connectivity index (χ4n) is 2.83. The summed E-state index contributed by atoms with van der Waals surface area (Å²) in [5.41, 5.74) is -0.209. The van der Waals surface area contributed by atoms with Gasteiger partial charge in [0, 0.05) is 12.6 Å². The number of aliphatic carboxylic acids is 1. The molecule has 0 radical (unpaired) electrons. The van der Waals surface area contributed by atoms with Crippen LogP contribution in [0.25, 0.3) is 0 Å². The van der Waals surface area contributed by atoms with Gasteiger partial charge in [-0.05, 0) is 18.1 Å². The maximum absolute atomic E-state index is 13.0. The lowest BCUT2D eigenvalue weighted by molar-refractivity contribution is -0.183. The third-order valence-corrected chi connectivity index (χ3v) is 4.28. The molecule has 2 aromatic rings. The summed E-state index contributed by atoms with van der Waals surface area (Å²) in [6.45, 7) is -0.0496. The number of nitrogens with zero attached hydrogens (tertiary/aromatic N) is 4. The van der Waals surface area contributed by atoms with Crippen molar-refractivity contribution < 1.29 is 23.1 Å². The molecule has 2 aromatic heterocycles. The molecule has 1 N–H and O–H groups in total. The Kier molecular flexibility index (Phi) is 4.31. The molecule has 1 aliphatic rings. The second kappa shape index (κ2) is 6.17. The molecule has 0 fully saturated rings. The van der Waals surface area contributed by atoms with Gasteiger partial charge >= 0.3 is 17.8 Å². The molecule has 0 saturated heterocycles. The molecule has 7 nitrogen and oxygen atoms in total. The average molecular weight is 377 g/mol.